The average molecular weight is 220 g/mol. The largest absolute Gasteiger partial charge is 0.493 e. The molecule has 0 atom stereocenters. The molecular formula is C12H16N2O2. The van der Waals surface area contributed by atoms with Crippen LogP contribution in [0.5, 0.6) is 5.75 Å². The maximum absolute atomic E-state index is 11.3. The van der Waals surface area contributed by atoms with Gasteiger partial charge in [-0.3, -0.25) is 10.2 Å². The fraction of sp³-hybridized carbons (Fsp3) is 0.417. The summed E-state index contributed by atoms with van der Waals surface area (Å²) in [5, 5.41) is 0. The number of carbonyl (C=O) groups excluding carboxylic acids is 1. The summed E-state index contributed by atoms with van der Waals surface area (Å²) in [4.78, 5) is 11.3. The molecule has 1 aromatic carbocycles. The second kappa shape index (κ2) is 4.53. The van der Waals surface area contributed by atoms with Crippen LogP contribution in [0.15, 0.2) is 18.2 Å². The van der Waals surface area contributed by atoms with Gasteiger partial charge >= 0.3 is 0 Å². The second-order valence-corrected chi connectivity index (χ2v) is 4.21. The molecule has 0 saturated heterocycles. The highest BCUT2D eigenvalue weighted by Crippen LogP contribution is 2.30. The summed E-state index contributed by atoms with van der Waals surface area (Å²) in [6.45, 7) is 2.71. The first-order valence-electron chi connectivity index (χ1n) is 5.45. The summed E-state index contributed by atoms with van der Waals surface area (Å²) in [5.74, 6) is 6.26. The number of amides is 1. The molecule has 0 heterocycles. The molecule has 16 heavy (non-hydrogen) atoms. The van der Waals surface area contributed by atoms with E-state index in [2.05, 4.69) is 5.43 Å². The highest BCUT2D eigenvalue weighted by molar-refractivity contribution is 5.94. The van der Waals surface area contributed by atoms with Crippen molar-refractivity contribution in [3.8, 4) is 5.75 Å². The molecule has 0 aromatic heterocycles. The molecule has 0 aliphatic heterocycles. The number of nitrogen functional groups attached to an aromatic ring is 1. The van der Waals surface area contributed by atoms with Gasteiger partial charge in [0.1, 0.15) is 5.75 Å². The van der Waals surface area contributed by atoms with Crippen molar-refractivity contribution in [3.63, 3.8) is 0 Å². The molecule has 3 N–H and O–H groups in total. The number of carbonyl (C=O) groups is 1. The monoisotopic (exact) mass is 220 g/mol. The first kappa shape index (κ1) is 11.0. The van der Waals surface area contributed by atoms with Gasteiger partial charge < -0.3 is 4.74 Å². The van der Waals surface area contributed by atoms with Crippen LogP contribution in [0.25, 0.3) is 0 Å². The third kappa shape index (κ3) is 2.52. The lowest BCUT2D eigenvalue weighted by Crippen LogP contribution is -2.29. The van der Waals surface area contributed by atoms with E-state index >= 15 is 0 Å². The van der Waals surface area contributed by atoms with Gasteiger partial charge in [-0.05, 0) is 43.4 Å². The Balaban J connectivity index is 2.11. The minimum absolute atomic E-state index is 0.295. The van der Waals surface area contributed by atoms with E-state index in [0.717, 1.165) is 17.9 Å². The number of rotatable bonds is 4. The molecule has 1 aliphatic rings. The average Bonchev–Trinajstić information content (AvgIpc) is 3.11. The topological polar surface area (TPSA) is 64.4 Å². The Labute approximate surface area is 94.8 Å². The maximum atomic E-state index is 11.3. The summed E-state index contributed by atoms with van der Waals surface area (Å²) >= 11 is 0. The number of hydrogen-bond donors (Lipinski definition) is 2. The molecule has 0 spiro atoms. The van der Waals surface area contributed by atoms with E-state index in [1.807, 2.05) is 13.0 Å². The quantitative estimate of drug-likeness (QED) is 0.458. The van der Waals surface area contributed by atoms with Crippen molar-refractivity contribution in [2.45, 2.75) is 19.8 Å². The third-order valence-electron chi connectivity index (χ3n) is 2.75. The first-order valence-corrected chi connectivity index (χ1v) is 5.45. The number of ether oxygens (including phenoxy) is 1. The molecule has 1 fully saturated rings. The molecule has 1 aromatic rings. The lowest BCUT2D eigenvalue weighted by molar-refractivity contribution is 0.0953. The van der Waals surface area contributed by atoms with Gasteiger partial charge in [-0.15, -0.1) is 0 Å². The molecule has 86 valence electrons. The Hall–Kier alpha value is -1.55. The van der Waals surface area contributed by atoms with Crippen LogP contribution in [0.1, 0.15) is 28.8 Å². The van der Waals surface area contributed by atoms with Crippen LogP contribution in [-0.4, -0.2) is 12.5 Å². The van der Waals surface area contributed by atoms with Crippen LogP contribution in [0.2, 0.25) is 0 Å². The van der Waals surface area contributed by atoms with Crippen molar-refractivity contribution in [2.24, 2.45) is 11.8 Å². The van der Waals surface area contributed by atoms with Crippen molar-refractivity contribution < 1.29 is 9.53 Å². The van der Waals surface area contributed by atoms with Crippen LogP contribution in [-0.2, 0) is 0 Å². The summed E-state index contributed by atoms with van der Waals surface area (Å²) in [5.41, 5.74) is 3.67. The molecule has 0 bridgehead atoms. The summed E-state index contributed by atoms with van der Waals surface area (Å²) in [6, 6.07) is 5.34. The smallest absolute Gasteiger partial charge is 0.265 e. The lowest BCUT2D eigenvalue weighted by atomic mass is 10.1. The van der Waals surface area contributed by atoms with E-state index in [0.29, 0.717) is 11.5 Å². The van der Waals surface area contributed by atoms with Gasteiger partial charge in [0.2, 0.25) is 0 Å². The first-order chi connectivity index (χ1) is 7.70. The zero-order chi connectivity index (χ0) is 11.5. The van der Waals surface area contributed by atoms with E-state index in [-0.39, 0.29) is 5.91 Å². The maximum Gasteiger partial charge on any atom is 0.265 e. The highest BCUT2D eigenvalue weighted by Gasteiger charge is 2.22. The number of nitrogens with two attached hydrogens (primary N) is 1. The molecule has 1 amide bonds. The number of nitrogens with one attached hydrogen (secondary N) is 1. The highest BCUT2D eigenvalue weighted by atomic mass is 16.5. The van der Waals surface area contributed by atoms with Gasteiger partial charge in [0.25, 0.3) is 5.91 Å². The normalized spacial score (nSPS) is 14.6. The Morgan fingerprint density at radius 3 is 2.94 bits per heavy atom. The van der Waals surface area contributed by atoms with Gasteiger partial charge in [-0.2, -0.15) is 0 Å². The van der Waals surface area contributed by atoms with E-state index in [1.165, 1.54) is 12.8 Å². The van der Waals surface area contributed by atoms with Gasteiger partial charge in [0, 0.05) is 5.56 Å². The van der Waals surface area contributed by atoms with Gasteiger partial charge in [0.15, 0.2) is 0 Å². The Morgan fingerprint density at radius 1 is 1.56 bits per heavy atom. The Bertz CT molecular complexity index is 400. The number of aryl methyl sites for hydroxylation is 1. The summed E-state index contributed by atoms with van der Waals surface area (Å²) in [7, 11) is 0. The van der Waals surface area contributed by atoms with E-state index < -0.39 is 0 Å². The molecule has 4 nitrogen and oxygen atoms in total. The molecule has 0 radical (unpaired) electrons. The summed E-state index contributed by atoms with van der Waals surface area (Å²) in [6.07, 6.45) is 2.50. The summed E-state index contributed by atoms with van der Waals surface area (Å²) < 4.78 is 5.68. The predicted molar refractivity (Wildman–Crippen MR) is 61.1 cm³/mol. The second-order valence-electron chi connectivity index (χ2n) is 4.21. The number of hydrogen-bond acceptors (Lipinski definition) is 3. The molecule has 2 rings (SSSR count). The van der Waals surface area contributed by atoms with Crippen molar-refractivity contribution >= 4 is 5.91 Å². The van der Waals surface area contributed by atoms with Crippen molar-refractivity contribution in [3.05, 3.63) is 29.3 Å². The fourth-order valence-electron chi connectivity index (χ4n) is 1.47. The van der Waals surface area contributed by atoms with Crippen LogP contribution in [0.3, 0.4) is 0 Å². The zero-order valence-electron chi connectivity index (χ0n) is 9.32. The van der Waals surface area contributed by atoms with E-state index in [9.17, 15) is 4.79 Å². The van der Waals surface area contributed by atoms with Crippen molar-refractivity contribution in [1.82, 2.24) is 5.43 Å². The predicted octanol–water partition coefficient (Wildman–Crippen LogP) is 1.39. The van der Waals surface area contributed by atoms with Crippen LogP contribution >= 0.6 is 0 Å². The lowest BCUT2D eigenvalue weighted by Gasteiger charge is -2.10. The molecule has 4 heteroatoms. The minimum atomic E-state index is -0.295. The van der Waals surface area contributed by atoms with Crippen LogP contribution in [0, 0.1) is 12.8 Å². The molecule has 1 aliphatic carbocycles. The van der Waals surface area contributed by atoms with Gasteiger partial charge in [-0.25, -0.2) is 5.84 Å². The zero-order valence-corrected chi connectivity index (χ0v) is 9.32. The Morgan fingerprint density at radius 2 is 2.31 bits per heavy atom. The third-order valence-corrected chi connectivity index (χ3v) is 2.75. The fourth-order valence-corrected chi connectivity index (χ4v) is 1.47. The van der Waals surface area contributed by atoms with E-state index in [4.69, 9.17) is 10.6 Å². The molecule has 0 unspecified atom stereocenters. The van der Waals surface area contributed by atoms with Crippen LogP contribution < -0.4 is 16.0 Å². The van der Waals surface area contributed by atoms with Crippen molar-refractivity contribution in [2.75, 3.05) is 6.61 Å². The number of benzene rings is 1. The standard InChI is InChI=1S/C12H16N2O2/c1-8-2-5-10(12(15)14-13)6-11(8)16-7-9-3-4-9/h2,5-6,9H,3-4,7,13H2,1H3,(H,14,15). The molecular weight excluding hydrogens is 204 g/mol. The van der Waals surface area contributed by atoms with E-state index in [1.54, 1.807) is 12.1 Å². The Kier molecular flexibility index (Phi) is 3.10. The minimum Gasteiger partial charge on any atom is -0.493 e. The number of hydrazine groups is 1. The van der Waals surface area contributed by atoms with Crippen LogP contribution in [0.4, 0.5) is 0 Å². The molecule has 1 saturated carbocycles. The van der Waals surface area contributed by atoms with Crippen molar-refractivity contribution in [1.29, 1.82) is 0 Å². The van der Waals surface area contributed by atoms with Gasteiger partial charge in [0.05, 0.1) is 6.61 Å². The van der Waals surface area contributed by atoms with Gasteiger partial charge in [-0.1, -0.05) is 6.07 Å². The SMILES string of the molecule is Cc1ccc(C(=O)NN)cc1OCC1CC1.